The molecule has 0 aliphatic heterocycles. The third kappa shape index (κ3) is 3.15. The Hall–Kier alpha value is -1.18. The Morgan fingerprint density at radius 1 is 1.24 bits per heavy atom. The summed E-state index contributed by atoms with van der Waals surface area (Å²) in [7, 11) is 0. The number of hydrogen-bond acceptors (Lipinski definition) is 3. The SMILES string of the molecule is NCC(O)C(O)c1ccc(F)cc1C(F)(F)F. The first kappa shape index (κ1) is 13.9. The largest absolute Gasteiger partial charge is 0.416 e. The fourth-order valence-corrected chi connectivity index (χ4v) is 1.37. The molecule has 2 unspecified atom stereocenters. The van der Waals surface area contributed by atoms with Crippen molar-refractivity contribution in [3.05, 3.63) is 35.1 Å². The minimum atomic E-state index is -4.81. The van der Waals surface area contributed by atoms with Crippen LogP contribution in [0.5, 0.6) is 0 Å². The summed E-state index contributed by atoms with van der Waals surface area (Å²) in [5.74, 6) is -1.07. The minimum absolute atomic E-state index is 0.266. The van der Waals surface area contributed by atoms with Crippen LogP contribution in [0.25, 0.3) is 0 Å². The lowest BCUT2D eigenvalue weighted by Gasteiger charge is -2.20. The third-order valence-electron chi connectivity index (χ3n) is 2.25. The van der Waals surface area contributed by atoms with Crippen molar-refractivity contribution in [2.75, 3.05) is 6.54 Å². The first-order valence-electron chi connectivity index (χ1n) is 4.70. The highest BCUT2D eigenvalue weighted by Gasteiger charge is 2.36. The fourth-order valence-electron chi connectivity index (χ4n) is 1.37. The normalized spacial score (nSPS) is 15.7. The zero-order chi connectivity index (χ0) is 13.2. The number of benzene rings is 1. The first-order valence-corrected chi connectivity index (χ1v) is 4.70. The topological polar surface area (TPSA) is 66.5 Å². The molecule has 4 N–H and O–H groups in total. The molecule has 1 rings (SSSR count). The van der Waals surface area contributed by atoms with E-state index in [1.54, 1.807) is 0 Å². The molecule has 0 fully saturated rings. The van der Waals surface area contributed by atoms with Gasteiger partial charge in [-0.1, -0.05) is 6.07 Å². The van der Waals surface area contributed by atoms with E-state index in [2.05, 4.69) is 0 Å². The van der Waals surface area contributed by atoms with Crippen LogP contribution < -0.4 is 5.73 Å². The fraction of sp³-hybridized carbons (Fsp3) is 0.400. The van der Waals surface area contributed by atoms with Crippen LogP contribution in [-0.2, 0) is 6.18 Å². The van der Waals surface area contributed by atoms with Gasteiger partial charge in [0.05, 0.1) is 11.7 Å². The Morgan fingerprint density at radius 2 is 1.82 bits per heavy atom. The standard InChI is InChI=1S/C10H11F4NO2/c11-5-1-2-6(9(17)8(16)4-15)7(3-5)10(12,13)14/h1-3,8-9,16-17H,4,15H2. The molecule has 0 bridgehead atoms. The molecule has 3 nitrogen and oxygen atoms in total. The molecular weight excluding hydrogens is 242 g/mol. The summed E-state index contributed by atoms with van der Waals surface area (Å²) in [6, 6.07) is 1.82. The average Bonchev–Trinajstić information content (AvgIpc) is 2.25. The van der Waals surface area contributed by atoms with Crippen molar-refractivity contribution in [1.29, 1.82) is 0 Å². The third-order valence-corrected chi connectivity index (χ3v) is 2.25. The average molecular weight is 253 g/mol. The molecule has 0 aromatic heterocycles. The van der Waals surface area contributed by atoms with E-state index in [4.69, 9.17) is 5.73 Å². The van der Waals surface area contributed by atoms with Gasteiger partial charge in [-0.2, -0.15) is 13.2 Å². The van der Waals surface area contributed by atoms with Gasteiger partial charge in [0.1, 0.15) is 11.9 Å². The van der Waals surface area contributed by atoms with E-state index in [0.29, 0.717) is 0 Å². The molecule has 0 radical (unpaired) electrons. The van der Waals surface area contributed by atoms with Gasteiger partial charge in [-0.25, -0.2) is 4.39 Å². The second kappa shape index (κ2) is 4.99. The van der Waals surface area contributed by atoms with Gasteiger partial charge >= 0.3 is 6.18 Å². The molecule has 17 heavy (non-hydrogen) atoms. The Kier molecular flexibility index (Phi) is 4.07. The molecule has 0 saturated heterocycles. The van der Waals surface area contributed by atoms with Gasteiger partial charge in [0.25, 0.3) is 0 Å². The number of halogens is 4. The maximum atomic E-state index is 12.8. The molecule has 96 valence electrons. The van der Waals surface area contributed by atoms with E-state index in [9.17, 15) is 27.8 Å². The van der Waals surface area contributed by atoms with Crippen molar-refractivity contribution >= 4 is 0 Å². The van der Waals surface area contributed by atoms with Crippen LogP contribution in [0.2, 0.25) is 0 Å². The first-order chi connectivity index (χ1) is 7.77. The maximum absolute atomic E-state index is 12.8. The Balaban J connectivity index is 3.24. The van der Waals surface area contributed by atoms with Crippen molar-refractivity contribution in [3.8, 4) is 0 Å². The number of aliphatic hydroxyl groups excluding tert-OH is 2. The lowest BCUT2D eigenvalue weighted by molar-refractivity contribution is -0.140. The maximum Gasteiger partial charge on any atom is 0.416 e. The second-order valence-corrected chi connectivity index (χ2v) is 3.48. The van der Waals surface area contributed by atoms with E-state index in [0.717, 1.165) is 12.1 Å². The molecule has 2 atom stereocenters. The van der Waals surface area contributed by atoms with Crippen LogP contribution in [0.4, 0.5) is 17.6 Å². The van der Waals surface area contributed by atoms with E-state index < -0.39 is 41.9 Å². The number of hydrogen-bond donors (Lipinski definition) is 3. The van der Waals surface area contributed by atoms with Crippen LogP contribution in [0.1, 0.15) is 17.2 Å². The number of nitrogens with two attached hydrogens (primary N) is 1. The van der Waals surface area contributed by atoms with Crippen LogP contribution in [0.3, 0.4) is 0 Å². The molecule has 0 heterocycles. The number of aliphatic hydroxyl groups is 2. The zero-order valence-corrected chi connectivity index (χ0v) is 8.58. The molecule has 0 aliphatic rings. The highest BCUT2D eigenvalue weighted by molar-refractivity contribution is 5.32. The smallest absolute Gasteiger partial charge is 0.389 e. The monoisotopic (exact) mass is 253 g/mol. The number of alkyl halides is 3. The molecule has 0 saturated carbocycles. The lowest BCUT2D eigenvalue weighted by atomic mass is 9.98. The molecule has 7 heteroatoms. The molecule has 1 aromatic carbocycles. The number of rotatable bonds is 3. The molecular formula is C10H11F4NO2. The van der Waals surface area contributed by atoms with Crippen LogP contribution in [0, 0.1) is 5.82 Å². The van der Waals surface area contributed by atoms with Crippen molar-refractivity contribution < 1.29 is 27.8 Å². The van der Waals surface area contributed by atoms with Crippen molar-refractivity contribution in [2.45, 2.75) is 18.4 Å². The van der Waals surface area contributed by atoms with E-state index >= 15 is 0 Å². The van der Waals surface area contributed by atoms with Gasteiger partial charge in [0.2, 0.25) is 0 Å². The quantitative estimate of drug-likeness (QED) is 0.709. The van der Waals surface area contributed by atoms with E-state index in [1.165, 1.54) is 0 Å². The van der Waals surface area contributed by atoms with Crippen molar-refractivity contribution in [3.63, 3.8) is 0 Å². The van der Waals surface area contributed by atoms with E-state index in [1.807, 2.05) is 0 Å². The summed E-state index contributed by atoms with van der Waals surface area (Å²) < 4.78 is 50.5. The van der Waals surface area contributed by atoms with Gasteiger partial charge in [-0.05, 0) is 17.7 Å². The summed E-state index contributed by atoms with van der Waals surface area (Å²) in [5, 5.41) is 18.7. The second-order valence-electron chi connectivity index (χ2n) is 3.48. The summed E-state index contributed by atoms with van der Waals surface area (Å²) in [4.78, 5) is 0. The molecule has 0 amide bonds. The predicted octanol–water partition coefficient (Wildman–Crippen LogP) is 1.20. The van der Waals surface area contributed by atoms with Gasteiger partial charge in [-0.3, -0.25) is 0 Å². The van der Waals surface area contributed by atoms with Gasteiger partial charge in [-0.15, -0.1) is 0 Å². The predicted molar refractivity (Wildman–Crippen MR) is 51.4 cm³/mol. The summed E-state index contributed by atoms with van der Waals surface area (Å²) >= 11 is 0. The van der Waals surface area contributed by atoms with Crippen molar-refractivity contribution in [1.82, 2.24) is 0 Å². The zero-order valence-electron chi connectivity index (χ0n) is 8.58. The van der Waals surface area contributed by atoms with E-state index in [-0.39, 0.29) is 6.07 Å². The Morgan fingerprint density at radius 3 is 2.29 bits per heavy atom. The van der Waals surface area contributed by atoms with Crippen LogP contribution in [-0.4, -0.2) is 22.9 Å². The van der Waals surface area contributed by atoms with Crippen LogP contribution in [0.15, 0.2) is 18.2 Å². The minimum Gasteiger partial charge on any atom is -0.389 e. The molecule has 0 aliphatic carbocycles. The van der Waals surface area contributed by atoms with Gasteiger partial charge < -0.3 is 15.9 Å². The van der Waals surface area contributed by atoms with Gasteiger partial charge in [0, 0.05) is 6.54 Å². The highest BCUT2D eigenvalue weighted by Crippen LogP contribution is 2.35. The molecule has 1 aromatic rings. The lowest BCUT2D eigenvalue weighted by Crippen LogP contribution is -2.28. The Bertz CT molecular complexity index is 394. The highest BCUT2D eigenvalue weighted by atomic mass is 19.4. The Labute approximate surface area is 94.5 Å². The van der Waals surface area contributed by atoms with Crippen molar-refractivity contribution in [2.24, 2.45) is 5.73 Å². The summed E-state index contributed by atoms with van der Waals surface area (Å²) in [6.45, 7) is -0.407. The summed E-state index contributed by atoms with van der Waals surface area (Å²) in [6.07, 6.45) is -8.16. The summed E-state index contributed by atoms with van der Waals surface area (Å²) in [5.41, 5.74) is 3.11. The van der Waals surface area contributed by atoms with Crippen LogP contribution >= 0.6 is 0 Å². The van der Waals surface area contributed by atoms with Gasteiger partial charge in [0.15, 0.2) is 0 Å². The molecule has 0 spiro atoms.